The number of nitrogens with zero attached hydrogens (tertiary/aromatic N) is 2. The van der Waals surface area contributed by atoms with Crippen molar-refractivity contribution < 1.29 is 13.2 Å². The minimum Gasteiger partial charge on any atom is -0.343 e. The van der Waals surface area contributed by atoms with Crippen LogP contribution in [0.1, 0.15) is 44.2 Å². The molecule has 1 aromatic rings. The van der Waals surface area contributed by atoms with Gasteiger partial charge in [0.15, 0.2) is 0 Å². The standard InChI is InChI=1S/C18H28N2O3S/c1-4-15-9-8-10-16(5-2)18(15)20(24(3,22)23)14-11-17(21)19-12-6-7-13-19/h8-10H,4-7,11-14H2,1-3H3. The Morgan fingerprint density at radius 2 is 1.67 bits per heavy atom. The molecule has 1 amide bonds. The van der Waals surface area contributed by atoms with Crippen molar-refractivity contribution in [3.63, 3.8) is 0 Å². The van der Waals surface area contributed by atoms with E-state index in [2.05, 4.69) is 0 Å². The van der Waals surface area contributed by atoms with E-state index in [0.717, 1.165) is 55.6 Å². The number of benzene rings is 1. The smallest absolute Gasteiger partial charge is 0.232 e. The van der Waals surface area contributed by atoms with E-state index in [-0.39, 0.29) is 18.9 Å². The highest BCUT2D eigenvalue weighted by Gasteiger charge is 2.25. The van der Waals surface area contributed by atoms with E-state index in [1.54, 1.807) is 0 Å². The highest BCUT2D eigenvalue weighted by molar-refractivity contribution is 7.92. The van der Waals surface area contributed by atoms with Crippen LogP contribution in [0.2, 0.25) is 0 Å². The van der Waals surface area contributed by atoms with Crippen molar-refractivity contribution in [3.05, 3.63) is 29.3 Å². The molecule has 134 valence electrons. The summed E-state index contributed by atoms with van der Waals surface area (Å²) in [6.07, 6.45) is 5.05. The zero-order valence-electron chi connectivity index (χ0n) is 14.9. The first-order chi connectivity index (χ1) is 11.4. The van der Waals surface area contributed by atoms with Gasteiger partial charge in [-0.25, -0.2) is 8.42 Å². The number of rotatable bonds is 7. The normalized spacial score (nSPS) is 14.9. The van der Waals surface area contributed by atoms with Gasteiger partial charge in [-0.1, -0.05) is 32.0 Å². The molecule has 0 N–H and O–H groups in total. The molecule has 0 saturated carbocycles. The second-order valence-corrected chi connectivity index (χ2v) is 8.21. The molecule has 6 heteroatoms. The minimum atomic E-state index is -3.44. The lowest BCUT2D eigenvalue weighted by atomic mass is 10.0. The summed E-state index contributed by atoms with van der Waals surface area (Å²) in [5, 5.41) is 0. The van der Waals surface area contributed by atoms with Gasteiger partial charge in [0.05, 0.1) is 11.9 Å². The van der Waals surface area contributed by atoms with Crippen LogP contribution < -0.4 is 4.31 Å². The van der Waals surface area contributed by atoms with Gasteiger partial charge in [0.25, 0.3) is 0 Å². The van der Waals surface area contributed by atoms with E-state index in [9.17, 15) is 13.2 Å². The van der Waals surface area contributed by atoms with Gasteiger partial charge in [0, 0.05) is 26.1 Å². The number of aryl methyl sites for hydroxylation is 2. The second kappa shape index (κ2) is 8.01. The predicted octanol–water partition coefficient (Wildman–Crippen LogP) is 2.59. The van der Waals surface area contributed by atoms with Crippen molar-refractivity contribution in [1.29, 1.82) is 0 Å². The van der Waals surface area contributed by atoms with E-state index in [1.807, 2.05) is 36.9 Å². The number of likely N-dealkylation sites (tertiary alicyclic amines) is 1. The van der Waals surface area contributed by atoms with E-state index in [1.165, 1.54) is 10.6 Å². The van der Waals surface area contributed by atoms with Gasteiger partial charge in [0.2, 0.25) is 15.9 Å². The number of carbonyl (C=O) groups excluding carboxylic acids is 1. The van der Waals surface area contributed by atoms with Crippen LogP contribution in [0.15, 0.2) is 18.2 Å². The largest absolute Gasteiger partial charge is 0.343 e. The Balaban J connectivity index is 2.28. The molecule has 1 fully saturated rings. The minimum absolute atomic E-state index is 0.0492. The number of carbonyl (C=O) groups is 1. The van der Waals surface area contributed by atoms with Crippen molar-refractivity contribution >= 4 is 21.6 Å². The average molecular weight is 353 g/mol. The fourth-order valence-corrected chi connectivity index (χ4v) is 4.29. The molecule has 5 nitrogen and oxygen atoms in total. The maximum atomic E-state index is 12.4. The molecule has 2 rings (SSSR count). The number of para-hydroxylation sites is 1. The molecular formula is C18H28N2O3S. The summed E-state index contributed by atoms with van der Waals surface area (Å²) < 4.78 is 26.2. The van der Waals surface area contributed by atoms with Crippen LogP contribution in [0.3, 0.4) is 0 Å². The average Bonchev–Trinajstić information content (AvgIpc) is 3.08. The molecule has 1 aliphatic rings. The summed E-state index contributed by atoms with van der Waals surface area (Å²) >= 11 is 0. The SMILES string of the molecule is CCc1cccc(CC)c1N(CCC(=O)N1CCCC1)S(C)(=O)=O. The fourth-order valence-electron chi connectivity index (χ4n) is 3.30. The van der Waals surface area contributed by atoms with Crippen molar-refractivity contribution in [1.82, 2.24) is 4.90 Å². The highest BCUT2D eigenvalue weighted by atomic mass is 32.2. The molecule has 1 saturated heterocycles. The lowest BCUT2D eigenvalue weighted by molar-refractivity contribution is -0.129. The van der Waals surface area contributed by atoms with Crippen LogP contribution in [-0.4, -0.2) is 45.1 Å². The van der Waals surface area contributed by atoms with Gasteiger partial charge in [-0.15, -0.1) is 0 Å². The lowest BCUT2D eigenvalue weighted by Crippen LogP contribution is -2.36. The third-order valence-corrected chi connectivity index (χ3v) is 5.77. The summed E-state index contributed by atoms with van der Waals surface area (Å²) in [5.41, 5.74) is 2.78. The molecule has 0 radical (unpaired) electrons. The quantitative estimate of drug-likeness (QED) is 0.758. The Morgan fingerprint density at radius 3 is 2.12 bits per heavy atom. The number of hydrogen-bond acceptors (Lipinski definition) is 3. The van der Waals surface area contributed by atoms with Gasteiger partial charge in [-0.2, -0.15) is 0 Å². The van der Waals surface area contributed by atoms with Crippen molar-refractivity contribution in [2.45, 2.75) is 46.0 Å². The molecule has 0 bridgehead atoms. The number of sulfonamides is 1. The Kier molecular flexibility index (Phi) is 6.27. The van der Waals surface area contributed by atoms with Gasteiger partial charge >= 0.3 is 0 Å². The Bertz CT molecular complexity index is 657. The van der Waals surface area contributed by atoms with E-state index in [0.29, 0.717) is 0 Å². The molecule has 0 spiro atoms. The zero-order valence-corrected chi connectivity index (χ0v) is 15.7. The molecule has 1 aliphatic heterocycles. The summed E-state index contributed by atoms with van der Waals surface area (Å²) in [7, 11) is -3.44. The zero-order chi connectivity index (χ0) is 17.7. The lowest BCUT2D eigenvalue weighted by Gasteiger charge is -2.28. The number of hydrogen-bond donors (Lipinski definition) is 0. The van der Waals surface area contributed by atoms with Crippen LogP contribution >= 0.6 is 0 Å². The van der Waals surface area contributed by atoms with Crippen LogP contribution in [0.5, 0.6) is 0 Å². The molecular weight excluding hydrogens is 324 g/mol. The summed E-state index contributed by atoms with van der Waals surface area (Å²) in [6.45, 7) is 5.84. The second-order valence-electron chi connectivity index (χ2n) is 6.30. The summed E-state index contributed by atoms with van der Waals surface area (Å²) in [6, 6.07) is 5.90. The van der Waals surface area contributed by atoms with Gasteiger partial charge in [0.1, 0.15) is 0 Å². The maximum Gasteiger partial charge on any atom is 0.232 e. The molecule has 0 aromatic heterocycles. The first kappa shape index (κ1) is 18.8. The van der Waals surface area contributed by atoms with Gasteiger partial charge in [-0.05, 0) is 36.8 Å². The van der Waals surface area contributed by atoms with E-state index >= 15 is 0 Å². The molecule has 1 aromatic carbocycles. The number of anilines is 1. The molecule has 0 aliphatic carbocycles. The van der Waals surface area contributed by atoms with Crippen LogP contribution in [0.25, 0.3) is 0 Å². The van der Waals surface area contributed by atoms with Gasteiger partial charge in [-0.3, -0.25) is 9.10 Å². The van der Waals surface area contributed by atoms with Gasteiger partial charge < -0.3 is 4.90 Å². The topological polar surface area (TPSA) is 57.7 Å². The summed E-state index contributed by atoms with van der Waals surface area (Å²) in [5.74, 6) is 0.0492. The monoisotopic (exact) mass is 352 g/mol. The fraction of sp³-hybridized carbons (Fsp3) is 0.611. The van der Waals surface area contributed by atoms with Crippen LogP contribution in [0, 0.1) is 0 Å². The highest BCUT2D eigenvalue weighted by Crippen LogP contribution is 2.29. The molecule has 24 heavy (non-hydrogen) atoms. The Hall–Kier alpha value is -1.56. The maximum absolute atomic E-state index is 12.4. The van der Waals surface area contributed by atoms with Crippen molar-refractivity contribution in [2.24, 2.45) is 0 Å². The predicted molar refractivity (Wildman–Crippen MR) is 97.8 cm³/mol. The van der Waals surface area contributed by atoms with E-state index < -0.39 is 10.0 Å². The van der Waals surface area contributed by atoms with Crippen LogP contribution in [0.4, 0.5) is 5.69 Å². The van der Waals surface area contributed by atoms with E-state index in [4.69, 9.17) is 0 Å². The Labute approximate surface area is 145 Å². The molecule has 1 heterocycles. The first-order valence-corrected chi connectivity index (χ1v) is 10.6. The Morgan fingerprint density at radius 1 is 1.12 bits per heavy atom. The number of amides is 1. The first-order valence-electron chi connectivity index (χ1n) is 8.74. The summed E-state index contributed by atoms with van der Waals surface area (Å²) in [4.78, 5) is 14.2. The third-order valence-electron chi connectivity index (χ3n) is 4.60. The van der Waals surface area contributed by atoms with Crippen molar-refractivity contribution in [2.75, 3.05) is 30.2 Å². The van der Waals surface area contributed by atoms with Crippen molar-refractivity contribution in [3.8, 4) is 0 Å². The van der Waals surface area contributed by atoms with Crippen LogP contribution in [-0.2, 0) is 27.7 Å². The molecule has 0 unspecified atom stereocenters. The third kappa shape index (κ3) is 4.29. The molecule has 0 atom stereocenters.